The van der Waals surface area contributed by atoms with Crippen molar-refractivity contribution in [1.82, 2.24) is 14.5 Å². The van der Waals surface area contributed by atoms with Crippen LogP contribution in [0.4, 0.5) is 5.95 Å². The molecule has 0 aliphatic carbocycles. The standard InChI is InChI=1S/C17H26N4/c1-3-4-12-21-16-9-6-5-8-15(16)18-17(21)20-11-7-10-19(2)13-14-20/h5-6,8-9H,3-4,7,10-14H2,1-2H3. The molecule has 3 rings (SSSR count). The number of benzene rings is 1. The van der Waals surface area contributed by atoms with Gasteiger partial charge in [-0.3, -0.25) is 0 Å². The first-order chi connectivity index (χ1) is 10.3. The van der Waals surface area contributed by atoms with Gasteiger partial charge in [-0.2, -0.15) is 0 Å². The second kappa shape index (κ2) is 6.48. The number of aromatic nitrogens is 2. The summed E-state index contributed by atoms with van der Waals surface area (Å²) >= 11 is 0. The highest BCUT2D eigenvalue weighted by atomic mass is 15.3. The van der Waals surface area contributed by atoms with Crippen LogP contribution in [-0.4, -0.2) is 47.7 Å². The van der Waals surface area contributed by atoms with Gasteiger partial charge in [0.2, 0.25) is 5.95 Å². The average Bonchev–Trinajstić information content (AvgIpc) is 2.72. The summed E-state index contributed by atoms with van der Waals surface area (Å²) in [5, 5.41) is 0. The van der Waals surface area contributed by atoms with E-state index in [0.29, 0.717) is 0 Å². The lowest BCUT2D eigenvalue weighted by molar-refractivity contribution is 0.360. The Labute approximate surface area is 127 Å². The van der Waals surface area contributed by atoms with E-state index in [1.807, 2.05) is 0 Å². The highest BCUT2D eigenvalue weighted by Crippen LogP contribution is 2.24. The van der Waals surface area contributed by atoms with Crippen LogP contribution in [0, 0.1) is 0 Å². The molecule has 1 aromatic heterocycles. The zero-order valence-electron chi connectivity index (χ0n) is 13.3. The fraction of sp³-hybridized carbons (Fsp3) is 0.588. The number of rotatable bonds is 4. The van der Waals surface area contributed by atoms with Crippen molar-refractivity contribution in [1.29, 1.82) is 0 Å². The van der Waals surface area contributed by atoms with E-state index in [1.165, 1.54) is 37.3 Å². The van der Waals surface area contributed by atoms with Crippen LogP contribution in [0.5, 0.6) is 0 Å². The Morgan fingerprint density at radius 1 is 1.10 bits per heavy atom. The molecule has 1 aliphatic heterocycles. The molecule has 4 heteroatoms. The summed E-state index contributed by atoms with van der Waals surface area (Å²) in [5.74, 6) is 1.17. The van der Waals surface area contributed by atoms with Crippen molar-refractivity contribution >= 4 is 17.0 Å². The van der Waals surface area contributed by atoms with Crippen LogP contribution in [-0.2, 0) is 6.54 Å². The lowest BCUT2D eigenvalue weighted by atomic mass is 10.3. The van der Waals surface area contributed by atoms with Gasteiger partial charge in [0.15, 0.2) is 0 Å². The van der Waals surface area contributed by atoms with E-state index in [-0.39, 0.29) is 0 Å². The van der Waals surface area contributed by atoms with Crippen LogP contribution in [0.3, 0.4) is 0 Å². The number of anilines is 1. The van der Waals surface area contributed by atoms with Gasteiger partial charge in [0.25, 0.3) is 0 Å². The van der Waals surface area contributed by atoms with Crippen LogP contribution in [0.25, 0.3) is 11.0 Å². The molecule has 1 aromatic carbocycles. The summed E-state index contributed by atoms with van der Waals surface area (Å²) in [4.78, 5) is 9.81. The number of para-hydroxylation sites is 2. The Morgan fingerprint density at radius 3 is 2.81 bits per heavy atom. The van der Waals surface area contributed by atoms with Gasteiger partial charge in [-0.15, -0.1) is 0 Å². The molecule has 0 N–H and O–H groups in total. The van der Waals surface area contributed by atoms with Crippen molar-refractivity contribution in [2.24, 2.45) is 0 Å². The average molecular weight is 286 g/mol. The van der Waals surface area contributed by atoms with E-state index in [9.17, 15) is 0 Å². The molecule has 114 valence electrons. The number of aryl methyl sites for hydroxylation is 1. The molecule has 0 amide bonds. The van der Waals surface area contributed by atoms with Crippen LogP contribution < -0.4 is 4.90 Å². The number of hydrogen-bond acceptors (Lipinski definition) is 3. The van der Waals surface area contributed by atoms with E-state index in [0.717, 1.165) is 31.7 Å². The Bertz CT molecular complexity index is 589. The summed E-state index contributed by atoms with van der Waals surface area (Å²) in [5.41, 5.74) is 2.40. The molecule has 0 bridgehead atoms. The first-order valence-corrected chi connectivity index (χ1v) is 8.18. The molecule has 1 saturated heterocycles. The summed E-state index contributed by atoms with van der Waals surface area (Å²) in [7, 11) is 2.21. The minimum atomic E-state index is 1.07. The lowest BCUT2D eigenvalue weighted by Crippen LogP contribution is -2.31. The minimum absolute atomic E-state index is 1.07. The maximum Gasteiger partial charge on any atom is 0.206 e. The molecule has 1 aliphatic rings. The third-order valence-electron chi connectivity index (χ3n) is 4.37. The number of likely N-dealkylation sites (N-methyl/N-ethyl adjacent to an activating group) is 1. The monoisotopic (exact) mass is 286 g/mol. The SMILES string of the molecule is CCCCn1c(N2CCCN(C)CC2)nc2ccccc21. The summed E-state index contributed by atoms with van der Waals surface area (Å²) in [6.45, 7) is 7.81. The Morgan fingerprint density at radius 2 is 1.95 bits per heavy atom. The van der Waals surface area contributed by atoms with Gasteiger partial charge < -0.3 is 14.4 Å². The van der Waals surface area contributed by atoms with Crippen molar-refractivity contribution in [2.75, 3.05) is 38.1 Å². The number of fused-ring (bicyclic) bond motifs is 1. The Hall–Kier alpha value is -1.55. The van der Waals surface area contributed by atoms with Crippen molar-refractivity contribution in [3.63, 3.8) is 0 Å². The summed E-state index contributed by atoms with van der Waals surface area (Å²) < 4.78 is 2.42. The highest BCUT2D eigenvalue weighted by molar-refractivity contribution is 5.78. The van der Waals surface area contributed by atoms with Crippen molar-refractivity contribution < 1.29 is 0 Å². The fourth-order valence-electron chi connectivity index (χ4n) is 3.09. The third-order valence-corrected chi connectivity index (χ3v) is 4.37. The van der Waals surface area contributed by atoms with Gasteiger partial charge in [0.1, 0.15) is 0 Å². The zero-order valence-corrected chi connectivity index (χ0v) is 13.3. The summed E-state index contributed by atoms with van der Waals surface area (Å²) in [6.07, 6.45) is 3.64. The van der Waals surface area contributed by atoms with Crippen molar-refractivity contribution in [3.05, 3.63) is 24.3 Å². The molecule has 2 aromatic rings. The Kier molecular flexibility index (Phi) is 4.44. The molecule has 0 atom stereocenters. The molecular weight excluding hydrogens is 260 g/mol. The van der Waals surface area contributed by atoms with Gasteiger partial charge in [-0.1, -0.05) is 25.5 Å². The second-order valence-corrected chi connectivity index (χ2v) is 6.05. The van der Waals surface area contributed by atoms with E-state index < -0.39 is 0 Å². The molecule has 21 heavy (non-hydrogen) atoms. The second-order valence-electron chi connectivity index (χ2n) is 6.05. The maximum absolute atomic E-state index is 4.93. The lowest BCUT2D eigenvalue weighted by Gasteiger charge is -2.23. The minimum Gasteiger partial charge on any atom is -0.341 e. The molecule has 1 fully saturated rings. The van der Waals surface area contributed by atoms with Crippen LogP contribution in [0.15, 0.2) is 24.3 Å². The first kappa shape index (κ1) is 14.4. The van der Waals surface area contributed by atoms with Crippen LogP contribution in [0.2, 0.25) is 0 Å². The molecule has 0 radical (unpaired) electrons. The topological polar surface area (TPSA) is 24.3 Å². The summed E-state index contributed by atoms with van der Waals surface area (Å²) in [6, 6.07) is 8.53. The molecule has 0 unspecified atom stereocenters. The molecular formula is C17H26N4. The Balaban J connectivity index is 1.95. The van der Waals surface area contributed by atoms with E-state index in [4.69, 9.17) is 4.98 Å². The predicted molar refractivity (Wildman–Crippen MR) is 89.0 cm³/mol. The molecule has 0 saturated carbocycles. The normalized spacial score (nSPS) is 17.3. The van der Waals surface area contributed by atoms with Crippen molar-refractivity contribution in [2.45, 2.75) is 32.7 Å². The van der Waals surface area contributed by atoms with Gasteiger partial charge in [-0.05, 0) is 38.6 Å². The first-order valence-electron chi connectivity index (χ1n) is 8.18. The van der Waals surface area contributed by atoms with Crippen molar-refractivity contribution in [3.8, 4) is 0 Å². The highest BCUT2D eigenvalue weighted by Gasteiger charge is 2.19. The van der Waals surface area contributed by atoms with Crippen LogP contribution in [0.1, 0.15) is 26.2 Å². The zero-order chi connectivity index (χ0) is 14.7. The molecule has 4 nitrogen and oxygen atoms in total. The van der Waals surface area contributed by atoms with Gasteiger partial charge in [0, 0.05) is 26.2 Å². The maximum atomic E-state index is 4.93. The fourth-order valence-corrected chi connectivity index (χ4v) is 3.09. The largest absolute Gasteiger partial charge is 0.341 e. The molecule has 2 heterocycles. The van der Waals surface area contributed by atoms with E-state index in [1.54, 1.807) is 0 Å². The van der Waals surface area contributed by atoms with Gasteiger partial charge >= 0.3 is 0 Å². The van der Waals surface area contributed by atoms with E-state index >= 15 is 0 Å². The molecule has 0 spiro atoms. The quantitative estimate of drug-likeness (QED) is 0.863. The van der Waals surface area contributed by atoms with Crippen LogP contribution >= 0.6 is 0 Å². The number of imidazole rings is 1. The van der Waals surface area contributed by atoms with E-state index in [2.05, 4.69) is 52.6 Å². The third kappa shape index (κ3) is 3.05. The smallest absolute Gasteiger partial charge is 0.206 e. The van der Waals surface area contributed by atoms with Gasteiger partial charge in [-0.25, -0.2) is 4.98 Å². The number of nitrogens with zero attached hydrogens (tertiary/aromatic N) is 4. The van der Waals surface area contributed by atoms with Gasteiger partial charge in [0.05, 0.1) is 11.0 Å². The predicted octanol–water partition coefficient (Wildman–Crippen LogP) is 2.98. The number of unbranched alkanes of at least 4 members (excludes halogenated alkanes) is 1. The number of hydrogen-bond donors (Lipinski definition) is 0.